The van der Waals surface area contributed by atoms with Crippen molar-refractivity contribution in [2.45, 2.75) is 23.0 Å². The van der Waals surface area contributed by atoms with Gasteiger partial charge in [0.2, 0.25) is 12.3 Å². The number of amides is 3. The molecule has 156 valence electrons. The molecule has 30 heavy (non-hydrogen) atoms. The maximum absolute atomic E-state index is 12.6. The fraction of sp³-hybridized carbons (Fsp3) is 0.267. The van der Waals surface area contributed by atoms with Crippen LogP contribution in [-0.4, -0.2) is 71.5 Å². The molecule has 2 aromatic heterocycles. The van der Waals surface area contributed by atoms with Crippen LogP contribution in [0.3, 0.4) is 0 Å². The predicted octanol–water partition coefficient (Wildman–Crippen LogP) is -0.140. The highest BCUT2D eigenvalue weighted by molar-refractivity contribution is 8.06. The van der Waals surface area contributed by atoms with Crippen LogP contribution in [0.2, 0.25) is 0 Å². The van der Waals surface area contributed by atoms with Gasteiger partial charge in [0.25, 0.3) is 5.91 Å². The highest BCUT2D eigenvalue weighted by atomic mass is 32.2. The number of hydrogen-bond acceptors (Lipinski definition) is 10. The summed E-state index contributed by atoms with van der Waals surface area (Å²) in [6, 6.07) is -0.820. The number of aromatic nitrogens is 4. The molecule has 0 saturated carbocycles. The Balaban J connectivity index is 1.43. The fourth-order valence-electron chi connectivity index (χ4n) is 2.92. The number of hydrogen-bond donors (Lipinski definition) is 4. The van der Waals surface area contributed by atoms with Crippen LogP contribution in [0, 0.1) is 0 Å². The van der Waals surface area contributed by atoms with Gasteiger partial charge < -0.3 is 15.7 Å². The first-order valence-corrected chi connectivity index (χ1v) is 11.1. The molecule has 0 bridgehead atoms. The first-order chi connectivity index (χ1) is 14.5. The SMILES string of the molecule is O=CNc1nc(CC(=O)N[C@@H]2C(=O)N3C(C(=O)O)=C(Sc4ncn[nH]4)CS[C@@H]23)cs1. The van der Waals surface area contributed by atoms with Crippen molar-refractivity contribution < 1.29 is 24.3 Å². The van der Waals surface area contributed by atoms with Gasteiger partial charge in [0.15, 0.2) is 10.3 Å². The zero-order valence-corrected chi connectivity index (χ0v) is 17.3. The minimum atomic E-state index is -1.22. The standard InChI is InChI=1S/C15H13N7O5S3/c23-5-17-14-19-6(2-29-14)1-8(24)20-9-11(25)22-10(13(26)27)7(3-28-12(9)22)30-15-16-4-18-21-15/h2,4-5,9,12H,1,3H2,(H,20,24)(H,26,27)(H,16,18,21)(H,17,19,23)/t9-,12+/m1/s1. The molecule has 0 radical (unpaired) electrons. The number of anilines is 1. The number of carbonyl (C=O) groups excluding carboxylic acids is 3. The van der Waals surface area contributed by atoms with E-state index in [0.29, 0.717) is 33.1 Å². The molecule has 4 heterocycles. The topological polar surface area (TPSA) is 170 Å². The molecule has 0 aliphatic carbocycles. The number of carboxylic acid groups (broad SMARTS) is 1. The minimum absolute atomic E-state index is 0.0631. The number of rotatable bonds is 8. The first kappa shape index (κ1) is 20.4. The summed E-state index contributed by atoms with van der Waals surface area (Å²) < 4.78 is 0. The number of nitrogens with zero attached hydrogens (tertiary/aromatic N) is 4. The molecule has 1 fully saturated rings. The van der Waals surface area contributed by atoms with Crippen molar-refractivity contribution in [2.24, 2.45) is 0 Å². The Bertz CT molecular complexity index is 1040. The summed E-state index contributed by atoms with van der Waals surface area (Å²) in [5, 5.41) is 23.0. The van der Waals surface area contributed by atoms with Crippen LogP contribution in [0.15, 0.2) is 27.5 Å². The third kappa shape index (κ3) is 3.90. The van der Waals surface area contributed by atoms with Gasteiger partial charge in [-0.3, -0.25) is 24.4 Å². The van der Waals surface area contributed by atoms with Crippen LogP contribution in [0.5, 0.6) is 0 Å². The highest BCUT2D eigenvalue weighted by Crippen LogP contribution is 2.44. The molecular formula is C15H13N7O5S3. The van der Waals surface area contributed by atoms with Gasteiger partial charge in [0.05, 0.1) is 12.1 Å². The molecule has 3 amide bonds. The van der Waals surface area contributed by atoms with E-state index in [-0.39, 0.29) is 12.1 Å². The number of aliphatic carboxylic acids is 1. The number of thiazole rings is 1. The number of carboxylic acids is 1. The maximum Gasteiger partial charge on any atom is 0.353 e. The monoisotopic (exact) mass is 467 g/mol. The molecule has 12 nitrogen and oxygen atoms in total. The van der Waals surface area contributed by atoms with Crippen LogP contribution in [0.4, 0.5) is 5.13 Å². The largest absolute Gasteiger partial charge is 0.477 e. The Morgan fingerprint density at radius 2 is 2.30 bits per heavy atom. The zero-order valence-electron chi connectivity index (χ0n) is 14.9. The number of thioether (sulfide) groups is 2. The van der Waals surface area contributed by atoms with E-state index in [1.165, 1.54) is 34.3 Å². The lowest BCUT2D eigenvalue weighted by atomic mass is 10.0. The summed E-state index contributed by atoms with van der Waals surface area (Å²) in [5.41, 5.74) is 0.346. The molecular weight excluding hydrogens is 454 g/mol. The summed E-state index contributed by atoms with van der Waals surface area (Å²) in [7, 11) is 0. The lowest BCUT2D eigenvalue weighted by Gasteiger charge is -2.49. The molecule has 15 heteroatoms. The Hall–Kier alpha value is -2.91. The Morgan fingerprint density at radius 1 is 1.47 bits per heavy atom. The average Bonchev–Trinajstić information content (AvgIpc) is 3.38. The Labute approximate surface area is 180 Å². The summed E-state index contributed by atoms with van der Waals surface area (Å²) in [5.74, 6) is -1.78. The molecule has 0 aromatic carbocycles. The average molecular weight is 468 g/mol. The molecule has 0 spiro atoms. The van der Waals surface area contributed by atoms with E-state index in [0.717, 1.165) is 11.8 Å². The van der Waals surface area contributed by atoms with Gasteiger partial charge in [-0.15, -0.1) is 23.1 Å². The number of β-lactam (4-membered cyclic amide) rings is 1. The van der Waals surface area contributed by atoms with Gasteiger partial charge in [-0.2, -0.15) is 5.10 Å². The van der Waals surface area contributed by atoms with Crippen molar-refractivity contribution in [1.82, 2.24) is 30.4 Å². The van der Waals surface area contributed by atoms with Gasteiger partial charge in [-0.1, -0.05) is 11.8 Å². The van der Waals surface area contributed by atoms with E-state index < -0.39 is 29.2 Å². The van der Waals surface area contributed by atoms with Crippen molar-refractivity contribution in [3.05, 3.63) is 28.0 Å². The molecule has 2 aliphatic heterocycles. The second-order valence-corrected chi connectivity index (χ2v) is 9.05. The smallest absolute Gasteiger partial charge is 0.353 e. The predicted molar refractivity (Wildman–Crippen MR) is 107 cm³/mol. The van der Waals surface area contributed by atoms with Gasteiger partial charge in [0, 0.05) is 16.0 Å². The van der Waals surface area contributed by atoms with E-state index in [1.54, 1.807) is 5.38 Å². The molecule has 1 saturated heterocycles. The van der Waals surface area contributed by atoms with Crippen molar-refractivity contribution in [1.29, 1.82) is 0 Å². The third-order valence-corrected chi connectivity index (χ3v) is 7.40. The lowest BCUT2D eigenvalue weighted by Crippen LogP contribution is -2.70. The maximum atomic E-state index is 12.6. The van der Waals surface area contributed by atoms with Gasteiger partial charge in [-0.25, -0.2) is 14.8 Å². The second kappa shape index (κ2) is 8.45. The van der Waals surface area contributed by atoms with E-state index in [2.05, 4.69) is 30.8 Å². The lowest BCUT2D eigenvalue weighted by molar-refractivity contribution is -0.150. The minimum Gasteiger partial charge on any atom is -0.477 e. The number of aromatic amines is 1. The van der Waals surface area contributed by atoms with E-state index in [1.807, 2.05) is 0 Å². The molecule has 4 rings (SSSR count). The third-order valence-electron chi connectivity index (χ3n) is 4.14. The number of fused-ring (bicyclic) bond motifs is 1. The highest BCUT2D eigenvalue weighted by Gasteiger charge is 2.54. The summed E-state index contributed by atoms with van der Waals surface area (Å²) in [6.07, 6.45) is 1.74. The van der Waals surface area contributed by atoms with Crippen molar-refractivity contribution >= 4 is 64.2 Å². The molecule has 2 aliphatic rings. The molecule has 0 unspecified atom stereocenters. The number of H-pyrrole nitrogens is 1. The van der Waals surface area contributed by atoms with E-state index in [4.69, 9.17) is 0 Å². The fourth-order valence-corrected chi connectivity index (χ4v) is 5.94. The van der Waals surface area contributed by atoms with Crippen molar-refractivity contribution in [2.75, 3.05) is 11.1 Å². The number of nitrogens with one attached hydrogen (secondary N) is 3. The zero-order chi connectivity index (χ0) is 21.3. The first-order valence-electron chi connectivity index (χ1n) is 8.36. The summed E-state index contributed by atoms with van der Waals surface area (Å²) >= 11 is 3.64. The quantitative estimate of drug-likeness (QED) is 0.303. The normalized spacial score (nSPS) is 20.4. The van der Waals surface area contributed by atoms with E-state index in [9.17, 15) is 24.3 Å². The van der Waals surface area contributed by atoms with Gasteiger partial charge in [0.1, 0.15) is 23.4 Å². The van der Waals surface area contributed by atoms with Crippen LogP contribution < -0.4 is 10.6 Å². The molecule has 4 N–H and O–H groups in total. The Kier molecular flexibility index (Phi) is 5.74. The van der Waals surface area contributed by atoms with Crippen LogP contribution in [0.25, 0.3) is 0 Å². The van der Waals surface area contributed by atoms with Crippen molar-refractivity contribution in [3.8, 4) is 0 Å². The summed E-state index contributed by atoms with van der Waals surface area (Å²) in [4.78, 5) is 56.9. The van der Waals surface area contributed by atoms with Crippen LogP contribution >= 0.6 is 34.9 Å². The van der Waals surface area contributed by atoms with Crippen LogP contribution in [-0.2, 0) is 25.6 Å². The molecule has 2 aromatic rings. The summed E-state index contributed by atoms with van der Waals surface area (Å²) in [6.45, 7) is 0. The van der Waals surface area contributed by atoms with Gasteiger partial charge >= 0.3 is 5.97 Å². The van der Waals surface area contributed by atoms with Gasteiger partial charge in [-0.05, 0) is 0 Å². The number of carbonyl (C=O) groups is 4. The van der Waals surface area contributed by atoms with Crippen LogP contribution in [0.1, 0.15) is 5.69 Å². The molecule has 2 atom stereocenters. The second-order valence-electron chi connectivity index (χ2n) is 6.01. The Morgan fingerprint density at radius 3 is 3.00 bits per heavy atom. The van der Waals surface area contributed by atoms with E-state index >= 15 is 0 Å². The van der Waals surface area contributed by atoms with Crippen molar-refractivity contribution in [3.63, 3.8) is 0 Å².